The predicted octanol–water partition coefficient (Wildman–Crippen LogP) is 1.41. The average Bonchev–Trinajstić information content (AvgIpc) is 2.94. The van der Waals surface area contributed by atoms with Gasteiger partial charge in [0.25, 0.3) is 5.91 Å². The van der Waals surface area contributed by atoms with Crippen molar-refractivity contribution < 1.29 is 4.79 Å². The number of amides is 1. The number of piperidine rings is 1. The van der Waals surface area contributed by atoms with E-state index in [4.69, 9.17) is 0 Å². The third-order valence-corrected chi connectivity index (χ3v) is 3.93. The average molecular weight is 272 g/mol. The number of aromatic nitrogens is 2. The summed E-state index contributed by atoms with van der Waals surface area (Å²) >= 11 is 0. The molecule has 106 valence electrons. The standard InChI is InChI=1S/C15H20N4O/c1-16-9-12-3-2-7-19(10-12)15(20)13-4-5-14-17-6-8-18(14)11-13/h4-6,8,11-12,16H,2-3,7,9-10H2,1H3. The quantitative estimate of drug-likeness (QED) is 0.919. The third-order valence-electron chi connectivity index (χ3n) is 3.93. The maximum atomic E-state index is 12.6. The van der Waals surface area contributed by atoms with E-state index in [1.165, 1.54) is 6.42 Å². The van der Waals surface area contributed by atoms with Gasteiger partial charge in [0.2, 0.25) is 0 Å². The Morgan fingerprint density at radius 2 is 2.40 bits per heavy atom. The predicted molar refractivity (Wildman–Crippen MR) is 77.7 cm³/mol. The van der Waals surface area contributed by atoms with Crippen molar-refractivity contribution in [3.63, 3.8) is 0 Å². The lowest BCUT2D eigenvalue weighted by atomic mass is 9.97. The molecule has 1 aliphatic rings. The van der Waals surface area contributed by atoms with Gasteiger partial charge >= 0.3 is 0 Å². The lowest BCUT2D eigenvalue weighted by Crippen LogP contribution is -2.42. The fourth-order valence-electron chi connectivity index (χ4n) is 2.93. The van der Waals surface area contributed by atoms with Gasteiger partial charge in [-0.3, -0.25) is 4.79 Å². The summed E-state index contributed by atoms with van der Waals surface area (Å²) in [6.07, 6.45) is 7.77. The van der Waals surface area contributed by atoms with E-state index in [0.29, 0.717) is 5.92 Å². The van der Waals surface area contributed by atoms with Crippen LogP contribution in [0.1, 0.15) is 23.2 Å². The molecule has 5 nitrogen and oxygen atoms in total. The molecule has 3 heterocycles. The van der Waals surface area contributed by atoms with Crippen LogP contribution in [0.15, 0.2) is 30.7 Å². The first kappa shape index (κ1) is 13.1. The SMILES string of the molecule is CNCC1CCCN(C(=O)c2ccc3nccn3c2)C1. The summed E-state index contributed by atoms with van der Waals surface area (Å²) in [7, 11) is 1.97. The lowest BCUT2D eigenvalue weighted by Gasteiger charge is -2.32. The number of nitrogens with one attached hydrogen (secondary N) is 1. The van der Waals surface area contributed by atoms with E-state index in [0.717, 1.165) is 37.3 Å². The molecule has 1 fully saturated rings. The second-order valence-electron chi connectivity index (χ2n) is 5.43. The van der Waals surface area contributed by atoms with Gasteiger partial charge in [0.15, 0.2) is 0 Å². The van der Waals surface area contributed by atoms with E-state index in [9.17, 15) is 4.79 Å². The van der Waals surface area contributed by atoms with Crippen molar-refractivity contribution in [1.82, 2.24) is 19.6 Å². The molecule has 0 bridgehead atoms. The summed E-state index contributed by atoms with van der Waals surface area (Å²) in [5.41, 5.74) is 1.61. The van der Waals surface area contributed by atoms with Gasteiger partial charge in [0, 0.05) is 31.7 Å². The molecule has 2 aromatic rings. The molecule has 20 heavy (non-hydrogen) atoms. The lowest BCUT2D eigenvalue weighted by molar-refractivity contribution is 0.0674. The van der Waals surface area contributed by atoms with Crippen molar-refractivity contribution in [3.05, 3.63) is 36.3 Å². The molecule has 0 aliphatic carbocycles. The highest BCUT2D eigenvalue weighted by atomic mass is 16.2. The van der Waals surface area contributed by atoms with Crippen molar-refractivity contribution >= 4 is 11.6 Å². The number of rotatable bonds is 3. The van der Waals surface area contributed by atoms with Gasteiger partial charge in [-0.15, -0.1) is 0 Å². The summed E-state index contributed by atoms with van der Waals surface area (Å²) < 4.78 is 1.89. The molecule has 1 N–H and O–H groups in total. The number of imidazole rings is 1. The van der Waals surface area contributed by atoms with Crippen LogP contribution in [-0.4, -0.2) is 46.9 Å². The minimum absolute atomic E-state index is 0.126. The number of likely N-dealkylation sites (tertiary alicyclic amines) is 1. The van der Waals surface area contributed by atoms with Crippen LogP contribution in [0, 0.1) is 5.92 Å². The monoisotopic (exact) mass is 272 g/mol. The van der Waals surface area contributed by atoms with E-state index in [2.05, 4.69) is 10.3 Å². The summed E-state index contributed by atoms with van der Waals surface area (Å²) in [6, 6.07) is 3.76. The van der Waals surface area contributed by atoms with E-state index >= 15 is 0 Å². The second kappa shape index (κ2) is 5.63. The summed E-state index contributed by atoms with van der Waals surface area (Å²) in [6.45, 7) is 2.69. The van der Waals surface area contributed by atoms with Crippen molar-refractivity contribution in [3.8, 4) is 0 Å². The molecule has 2 aromatic heterocycles. The second-order valence-corrected chi connectivity index (χ2v) is 5.43. The molecule has 1 aliphatic heterocycles. The van der Waals surface area contributed by atoms with Crippen LogP contribution in [0.5, 0.6) is 0 Å². The maximum Gasteiger partial charge on any atom is 0.255 e. The van der Waals surface area contributed by atoms with E-state index in [1.54, 1.807) is 6.20 Å². The first-order valence-corrected chi connectivity index (χ1v) is 7.14. The maximum absolute atomic E-state index is 12.6. The van der Waals surface area contributed by atoms with Crippen LogP contribution in [0.2, 0.25) is 0 Å². The summed E-state index contributed by atoms with van der Waals surface area (Å²) in [5.74, 6) is 0.691. The topological polar surface area (TPSA) is 49.6 Å². The van der Waals surface area contributed by atoms with Crippen molar-refractivity contribution in [1.29, 1.82) is 0 Å². The fourth-order valence-corrected chi connectivity index (χ4v) is 2.93. The van der Waals surface area contributed by atoms with Crippen LogP contribution in [0.4, 0.5) is 0 Å². The van der Waals surface area contributed by atoms with Gasteiger partial charge in [-0.05, 0) is 44.5 Å². The fraction of sp³-hybridized carbons (Fsp3) is 0.467. The van der Waals surface area contributed by atoms with Gasteiger partial charge < -0.3 is 14.6 Å². The van der Waals surface area contributed by atoms with Gasteiger partial charge in [-0.1, -0.05) is 0 Å². The molecule has 1 atom stereocenters. The van der Waals surface area contributed by atoms with Crippen LogP contribution < -0.4 is 5.32 Å². The van der Waals surface area contributed by atoms with Gasteiger partial charge in [0.1, 0.15) is 5.65 Å². The van der Waals surface area contributed by atoms with Crippen LogP contribution in [-0.2, 0) is 0 Å². The Kier molecular flexibility index (Phi) is 3.69. The number of carbonyl (C=O) groups is 1. The normalized spacial score (nSPS) is 19.4. The number of hydrogen-bond donors (Lipinski definition) is 1. The third kappa shape index (κ3) is 2.54. The number of carbonyl (C=O) groups excluding carboxylic acids is 1. The summed E-state index contributed by atoms with van der Waals surface area (Å²) in [5, 5.41) is 3.21. The van der Waals surface area contributed by atoms with Gasteiger partial charge in [-0.25, -0.2) is 4.98 Å². The zero-order valence-corrected chi connectivity index (χ0v) is 11.7. The molecule has 3 rings (SSSR count). The molecule has 1 amide bonds. The Balaban J connectivity index is 1.77. The molecule has 0 radical (unpaired) electrons. The van der Waals surface area contributed by atoms with Gasteiger partial charge in [-0.2, -0.15) is 0 Å². The number of pyridine rings is 1. The van der Waals surface area contributed by atoms with Crippen LogP contribution in [0.25, 0.3) is 5.65 Å². The smallest absolute Gasteiger partial charge is 0.255 e. The minimum Gasteiger partial charge on any atom is -0.338 e. The highest BCUT2D eigenvalue weighted by Crippen LogP contribution is 2.18. The molecule has 1 saturated heterocycles. The Bertz CT molecular complexity index is 605. The zero-order chi connectivity index (χ0) is 13.9. The Morgan fingerprint density at radius 3 is 3.25 bits per heavy atom. The van der Waals surface area contributed by atoms with Gasteiger partial charge in [0.05, 0.1) is 5.56 Å². The van der Waals surface area contributed by atoms with Crippen LogP contribution >= 0.6 is 0 Å². The van der Waals surface area contributed by atoms with E-state index < -0.39 is 0 Å². The molecular formula is C15H20N4O. The first-order valence-electron chi connectivity index (χ1n) is 7.14. The van der Waals surface area contributed by atoms with E-state index in [1.807, 2.05) is 40.9 Å². The molecule has 0 saturated carbocycles. The zero-order valence-electron chi connectivity index (χ0n) is 11.7. The highest BCUT2D eigenvalue weighted by Gasteiger charge is 2.24. The molecule has 0 spiro atoms. The van der Waals surface area contributed by atoms with Crippen molar-refractivity contribution in [2.24, 2.45) is 5.92 Å². The molecular weight excluding hydrogens is 252 g/mol. The van der Waals surface area contributed by atoms with Crippen molar-refractivity contribution in [2.75, 3.05) is 26.7 Å². The highest BCUT2D eigenvalue weighted by molar-refractivity contribution is 5.94. The molecule has 1 unspecified atom stereocenters. The van der Waals surface area contributed by atoms with Crippen molar-refractivity contribution in [2.45, 2.75) is 12.8 Å². The number of hydrogen-bond acceptors (Lipinski definition) is 3. The minimum atomic E-state index is 0.126. The number of nitrogens with zero attached hydrogens (tertiary/aromatic N) is 3. The summed E-state index contributed by atoms with van der Waals surface area (Å²) in [4.78, 5) is 18.8. The Hall–Kier alpha value is -1.88. The molecule has 5 heteroatoms. The number of fused-ring (bicyclic) bond motifs is 1. The first-order chi connectivity index (χ1) is 9.78. The largest absolute Gasteiger partial charge is 0.338 e. The van der Waals surface area contributed by atoms with E-state index in [-0.39, 0.29) is 5.91 Å². The Labute approximate surface area is 118 Å². The van der Waals surface area contributed by atoms with Crippen LogP contribution in [0.3, 0.4) is 0 Å². The Morgan fingerprint density at radius 1 is 1.50 bits per heavy atom. The molecule has 0 aromatic carbocycles.